The van der Waals surface area contributed by atoms with E-state index in [2.05, 4.69) is 25.5 Å². The molecule has 3 heterocycles. The number of ether oxygens (including phenoxy) is 1. The minimum atomic E-state index is -0.341. The Bertz CT molecular complexity index is 964. The van der Waals surface area contributed by atoms with Crippen LogP contribution in [0.3, 0.4) is 0 Å². The van der Waals surface area contributed by atoms with Crippen molar-refractivity contribution in [2.24, 2.45) is 0 Å². The molecule has 0 unspecified atom stereocenters. The van der Waals surface area contributed by atoms with Crippen molar-refractivity contribution in [1.82, 2.24) is 25.5 Å². The van der Waals surface area contributed by atoms with Crippen molar-refractivity contribution in [3.05, 3.63) is 46.9 Å². The van der Waals surface area contributed by atoms with Gasteiger partial charge in [-0.3, -0.25) is 9.89 Å². The molecule has 0 bridgehead atoms. The van der Waals surface area contributed by atoms with Gasteiger partial charge < -0.3 is 15.0 Å². The lowest BCUT2D eigenvalue weighted by atomic mass is 10.0. The molecular formula is C18H20FN5O2. The fourth-order valence-electron chi connectivity index (χ4n) is 3.36. The van der Waals surface area contributed by atoms with E-state index < -0.39 is 0 Å². The molecule has 1 amide bonds. The molecule has 3 N–H and O–H groups in total. The molecule has 0 radical (unpaired) electrons. The molecule has 0 saturated carbocycles. The molecule has 2 atom stereocenters. The van der Waals surface area contributed by atoms with Gasteiger partial charge in [-0.1, -0.05) is 6.92 Å². The minimum absolute atomic E-state index is 0.0994. The number of nitrogens with zero attached hydrogens (tertiary/aromatic N) is 2. The number of H-pyrrole nitrogens is 2. The summed E-state index contributed by atoms with van der Waals surface area (Å²) >= 11 is 0. The molecule has 1 aliphatic rings. The number of hydrogen-bond donors (Lipinski definition) is 3. The first-order valence-corrected chi connectivity index (χ1v) is 8.64. The number of carbonyl (C=O) groups excluding carboxylic acids is 1. The summed E-state index contributed by atoms with van der Waals surface area (Å²) in [5.41, 5.74) is 1.83. The van der Waals surface area contributed by atoms with Crippen LogP contribution in [0.5, 0.6) is 0 Å². The van der Waals surface area contributed by atoms with Gasteiger partial charge in [0.05, 0.1) is 25.2 Å². The highest BCUT2D eigenvalue weighted by Gasteiger charge is 2.34. The number of nitrogens with one attached hydrogen (secondary N) is 3. The summed E-state index contributed by atoms with van der Waals surface area (Å²) in [5.74, 6) is 0.778. The third-order valence-electron chi connectivity index (χ3n) is 4.86. The van der Waals surface area contributed by atoms with Gasteiger partial charge in [-0.2, -0.15) is 5.10 Å². The molecule has 0 spiro atoms. The molecule has 8 heteroatoms. The topological polar surface area (TPSA) is 95.7 Å². The zero-order valence-electron chi connectivity index (χ0n) is 14.6. The SMILES string of the molecule is CCc1nc([C@@H]2COC[C@@H]2NC(=O)c2[nH]c3cc(F)ccc3c2C)n[nH]1. The van der Waals surface area contributed by atoms with Crippen LogP contribution in [0.25, 0.3) is 10.9 Å². The summed E-state index contributed by atoms with van der Waals surface area (Å²) in [5, 5.41) is 11.0. The Balaban J connectivity index is 1.56. The van der Waals surface area contributed by atoms with Crippen molar-refractivity contribution in [1.29, 1.82) is 0 Å². The van der Waals surface area contributed by atoms with Crippen LogP contribution < -0.4 is 5.32 Å². The lowest BCUT2D eigenvalue weighted by Gasteiger charge is -2.16. The molecular weight excluding hydrogens is 337 g/mol. The van der Waals surface area contributed by atoms with E-state index in [1.165, 1.54) is 12.1 Å². The Morgan fingerprint density at radius 2 is 2.27 bits per heavy atom. The van der Waals surface area contributed by atoms with Gasteiger partial charge in [0, 0.05) is 17.3 Å². The number of hydrogen-bond acceptors (Lipinski definition) is 4. The average molecular weight is 357 g/mol. The normalized spacial score (nSPS) is 20.0. The van der Waals surface area contributed by atoms with Crippen molar-refractivity contribution >= 4 is 16.8 Å². The van der Waals surface area contributed by atoms with Crippen LogP contribution in [-0.2, 0) is 11.2 Å². The highest BCUT2D eigenvalue weighted by atomic mass is 19.1. The molecule has 1 saturated heterocycles. The fraction of sp³-hybridized carbons (Fsp3) is 0.389. The first kappa shape index (κ1) is 16.7. The van der Waals surface area contributed by atoms with Gasteiger partial charge in [-0.05, 0) is 30.7 Å². The first-order chi connectivity index (χ1) is 12.6. The Labute approximate surface area is 149 Å². The van der Waals surface area contributed by atoms with Crippen LogP contribution in [0, 0.1) is 12.7 Å². The second-order valence-electron chi connectivity index (χ2n) is 6.53. The maximum atomic E-state index is 13.4. The molecule has 1 aliphatic heterocycles. The van der Waals surface area contributed by atoms with Crippen molar-refractivity contribution in [2.75, 3.05) is 13.2 Å². The van der Waals surface area contributed by atoms with Crippen LogP contribution in [0.4, 0.5) is 4.39 Å². The van der Waals surface area contributed by atoms with Crippen LogP contribution in [0.15, 0.2) is 18.2 Å². The van der Waals surface area contributed by atoms with E-state index in [1.54, 1.807) is 6.07 Å². The van der Waals surface area contributed by atoms with Gasteiger partial charge in [0.2, 0.25) is 0 Å². The predicted octanol–water partition coefficient (Wildman–Crippen LogP) is 2.21. The molecule has 4 rings (SSSR count). The molecule has 26 heavy (non-hydrogen) atoms. The third kappa shape index (κ3) is 2.86. The number of fused-ring (bicyclic) bond motifs is 1. The second kappa shape index (κ2) is 6.53. The summed E-state index contributed by atoms with van der Waals surface area (Å²) in [6.07, 6.45) is 0.766. The number of amides is 1. The van der Waals surface area contributed by atoms with E-state index in [9.17, 15) is 9.18 Å². The molecule has 1 fully saturated rings. The largest absolute Gasteiger partial charge is 0.378 e. The quantitative estimate of drug-likeness (QED) is 0.667. The second-order valence-corrected chi connectivity index (χ2v) is 6.53. The van der Waals surface area contributed by atoms with Crippen molar-refractivity contribution in [3.8, 4) is 0 Å². The van der Waals surface area contributed by atoms with Gasteiger partial charge in [0.15, 0.2) is 5.82 Å². The fourth-order valence-corrected chi connectivity index (χ4v) is 3.36. The highest BCUT2D eigenvalue weighted by Crippen LogP contribution is 2.25. The monoisotopic (exact) mass is 357 g/mol. The van der Waals surface area contributed by atoms with Crippen molar-refractivity contribution in [2.45, 2.75) is 32.2 Å². The number of benzene rings is 1. The Morgan fingerprint density at radius 1 is 1.42 bits per heavy atom. The summed E-state index contributed by atoms with van der Waals surface area (Å²) in [7, 11) is 0. The summed E-state index contributed by atoms with van der Waals surface area (Å²) < 4.78 is 19.0. The predicted molar refractivity (Wildman–Crippen MR) is 93.6 cm³/mol. The Kier molecular flexibility index (Phi) is 4.20. The lowest BCUT2D eigenvalue weighted by Crippen LogP contribution is -2.39. The van der Waals surface area contributed by atoms with E-state index in [0.717, 1.165) is 23.2 Å². The molecule has 3 aromatic rings. The van der Waals surface area contributed by atoms with Crippen LogP contribution in [-0.4, -0.2) is 45.3 Å². The van der Waals surface area contributed by atoms with E-state index >= 15 is 0 Å². The van der Waals surface area contributed by atoms with Gasteiger partial charge in [0.25, 0.3) is 5.91 Å². The van der Waals surface area contributed by atoms with Crippen molar-refractivity contribution in [3.63, 3.8) is 0 Å². The number of rotatable bonds is 4. The van der Waals surface area contributed by atoms with Crippen LogP contribution >= 0.6 is 0 Å². The van der Waals surface area contributed by atoms with Gasteiger partial charge in [-0.15, -0.1) is 0 Å². The standard InChI is InChI=1S/C18H20FN5O2/c1-3-15-22-17(24-23-15)12-7-26-8-14(12)21-18(25)16-9(2)11-5-4-10(19)6-13(11)20-16/h4-6,12,14,20H,3,7-8H2,1-2H3,(H,21,25)(H,22,23,24)/t12-,14+/m1/s1. The maximum absolute atomic E-state index is 13.4. The van der Waals surface area contributed by atoms with Gasteiger partial charge >= 0.3 is 0 Å². The molecule has 7 nitrogen and oxygen atoms in total. The van der Waals surface area contributed by atoms with E-state index in [0.29, 0.717) is 30.2 Å². The molecule has 136 valence electrons. The molecule has 2 aromatic heterocycles. The van der Waals surface area contributed by atoms with E-state index in [1.807, 2.05) is 13.8 Å². The average Bonchev–Trinajstić information content (AvgIpc) is 3.33. The number of halogens is 1. The third-order valence-corrected chi connectivity index (χ3v) is 4.86. The van der Waals surface area contributed by atoms with E-state index in [-0.39, 0.29) is 23.7 Å². The number of aromatic amines is 2. The number of aromatic nitrogens is 4. The maximum Gasteiger partial charge on any atom is 0.268 e. The van der Waals surface area contributed by atoms with Gasteiger partial charge in [-0.25, -0.2) is 9.37 Å². The van der Waals surface area contributed by atoms with Gasteiger partial charge in [0.1, 0.15) is 17.3 Å². The summed E-state index contributed by atoms with van der Waals surface area (Å²) in [6, 6.07) is 4.24. The number of carbonyl (C=O) groups is 1. The minimum Gasteiger partial charge on any atom is -0.378 e. The molecule has 1 aromatic carbocycles. The Hall–Kier alpha value is -2.74. The summed E-state index contributed by atoms with van der Waals surface area (Å²) in [4.78, 5) is 20.2. The van der Waals surface area contributed by atoms with E-state index in [4.69, 9.17) is 4.74 Å². The zero-order chi connectivity index (χ0) is 18.3. The Morgan fingerprint density at radius 3 is 3.04 bits per heavy atom. The van der Waals surface area contributed by atoms with Crippen LogP contribution in [0.2, 0.25) is 0 Å². The first-order valence-electron chi connectivity index (χ1n) is 8.64. The molecule has 0 aliphatic carbocycles. The lowest BCUT2D eigenvalue weighted by molar-refractivity contribution is 0.0923. The van der Waals surface area contributed by atoms with Crippen LogP contribution in [0.1, 0.15) is 40.5 Å². The smallest absolute Gasteiger partial charge is 0.268 e. The number of aryl methyl sites for hydroxylation is 2. The van der Waals surface area contributed by atoms with Crippen molar-refractivity contribution < 1.29 is 13.9 Å². The summed E-state index contributed by atoms with van der Waals surface area (Å²) in [6.45, 7) is 4.70. The zero-order valence-corrected chi connectivity index (χ0v) is 14.6. The highest BCUT2D eigenvalue weighted by molar-refractivity contribution is 6.01.